The molecule has 2 aromatic rings. The molecule has 3 atom stereocenters. The van der Waals surface area contributed by atoms with E-state index in [-0.39, 0.29) is 18.5 Å². The summed E-state index contributed by atoms with van der Waals surface area (Å²) < 4.78 is 5.38. The summed E-state index contributed by atoms with van der Waals surface area (Å²) in [7, 11) is 0. The summed E-state index contributed by atoms with van der Waals surface area (Å²) in [6.07, 6.45) is 8.14. The molecule has 0 aliphatic heterocycles. The van der Waals surface area contributed by atoms with Crippen molar-refractivity contribution in [1.29, 1.82) is 0 Å². The van der Waals surface area contributed by atoms with Gasteiger partial charge in [0.2, 0.25) is 0 Å². The van der Waals surface area contributed by atoms with Crippen molar-refractivity contribution in [2.45, 2.75) is 51.6 Å². The Hall–Kier alpha value is -2.49. The van der Waals surface area contributed by atoms with E-state index in [1.165, 1.54) is 6.42 Å². The van der Waals surface area contributed by atoms with Crippen LogP contribution in [0, 0.1) is 17.8 Å². The number of aromatic nitrogens is 1. The molecule has 3 unspecified atom stereocenters. The second-order valence-electron chi connectivity index (χ2n) is 8.18. The summed E-state index contributed by atoms with van der Waals surface area (Å²) in [6, 6.07) is 13.9. The normalized spacial score (nSPS) is 23.6. The van der Waals surface area contributed by atoms with E-state index in [0.717, 1.165) is 54.8 Å². The van der Waals surface area contributed by atoms with Crippen molar-refractivity contribution in [1.82, 2.24) is 4.98 Å². The topological polar surface area (TPSA) is 56.3 Å². The first-order valence-corrected chi connectivity index (χ1v) is 10.4. The maximum Gasteiger partial charge on any atom is 0.306 e. The number of rotatable bonds is 7. The van der Waals surface area contributed by atoms with Crippen LogP contribution in [0.15, 0.2) is 48.7 Å². The third-order valence-electron chi connectivity index (χ3n) is 6.19. The van der Waals surface area contributed by atoms with Gasteiger partial charge in [0.25, 0.3) is 0 Å². The van der Waals surface area contributed by atoms with Crippen LogP contribution < -0.4 is 0 Å². The first-order chi connectivity index (χ1) is 13.7. The first-order valence-electron chi connectivity index (χ1n) is 10.4. The molecule has 1 aromatic carbocycles. The maximum atomic E-state index is 12.4. The molecule has 0 radical (unpaired) electrons. The molecule has 0 saturated heterocycles. The minimum atomic E-state index is -0.196. The number of benzene rings is 1. The third-order valence-corrected chi connectivity index (χ3v) is 6.19. The summed E-state index contributed by atoms with van der Waals surface area (Å²) in [4.78, 5) is 28.9. The van der Waals surface area contributed by atoms with E-state index in [9.17, 15) is 9.59 Å². The predicted octanol–water partition coefficient (Wildman–Crippen LogP) is 4.97. The number of pyridine rings is 1. The van der Waals surface area contributed by atoms with Gasteiger partial charge in [-0.15, -0.1) is 0 Å². The summed E-state index contributed by atoms with van der Waals surface area (Å²) in [6.45, 7) is 0.243. The number of nitrogens with zero attached hydrogens (tertiary/aromatic N) is 1. The number of carbonyl (C=O) groups excluding carboxylic acids is 2. The van der Waals surface area contributed by atoms with Crippen molar-refractivity contribution in [3.05, 3.63) is 54.2 Å². The maximum absolute atomic E-state index is 12.4. The third kappa shape index (κ3) is 4.49. The van der Waals surface area contributed by atoms with Crippen LogP contribution >= 0.6 is 0 Å². The number of carbonyl (C=O) groups is 2. The molecule has 146 valence electrons. The van der Waals surface area contributed by atoms with E-state index in [2.05, 4.69) is 4.98 Å². The molecule has 2 bridgehead atoms. The van der Waals surface area contributed by atoms with Gasteiger partial charge in [0.05, 0.1) is 5.69 Å². The van der Waals surface area contributed by atoms with Crippen molar-refractivity contribution in [2.24, 2.45) is 17.8 Å². The molecule has 2 saturated carbocycles. The van der Waals surface area contributed by atoms with Crippen LogP contribution in [-0.2, 0) is 20.9 Å². The number of ketones is 1. The Bertz CT molecular complexity index is 816. The number of hydrogen-bond donors (Lipinski definition) is 0. The van der Waals surface area contributed by atoms with Crippen LogP contribution in [0.25, 0.3) is 11.3 Å². The molecule has 1 heterocycles. The predicted molar refractivity (Wildman–Crippen MR) is 107 cm³/mol. The van der Waals surface area contributed by atoms with E-state index in [1.54, 1.807) is 6.20 Å². The number of ether oxygens (including phenoxy) is 1. The summed E-state index contributed by atoms with van der Waals surface area (Å²) >= 11 is 0. The molecule has 1 aromatic heterocycles. The standard InChI is InChI=1S/C24H27NO3/c26-23(8-4-7-20-13-17-9-11-21(14-17)24(20)27)28-16-18-10-12-22(25-15-18)19-5-2-1-3-6-19/h1-3,5-6,10,12,15,17,20-21H,4,7-9,11,13-14,16H2. The monoisotopic (exact) mass is 377 g/mol. The summed E-state index contributed by atoms with van der Waals surface area (Å²) in [5, 5.41) is 0. The lowest BCUT2D eigenvalue weighted by Crippen LogP contribution is -2.27. The van der Waals surface area contributed by atoms with Crippen molar-refractivity contribution in [2.75, 3.05) is 0 Å². The van der Waals surface area contributed by atoms with Gasteiger partial charge in [0, 0.05) is 35.6 Å². The SMILES string of the molecule is O=C(CCCC1CC2CCC(C2)C1=O)OCc1ccc(-c2ccccc2)nc1. The molecule has 0 amide bonds. The van der Waals surface area contributed by atoms with Crippen LogP contribution in [0.4, 0.5) is 0 Å². The molecule has 28 heavy (non-hydrogen) atoms. The molecular formula is C24H27NO3. The van der Waals surface area contributed by atoms with E-state index < -0.39 is 0 Å². The number of fused-ring (bicyclic) bond motifs is 2. The average molecular weight is 377 g/mol. The van der Waals surface area contributed by atoms with Gasteiger partial charge in [-0.3, -0.25) is 14.6 Å². The minimum Gasteiger partial charge on any atom is -0.461 e. The highest BCUT2D eigenvalue weighted by Gasteiger charge is 2.40. The van der Waals surface area contributed by atoms with E-state index in [1.807, 2.05) is 42.5 Å². The quantitative estimate of drug-likeness (QED) is 0.640. The van der Waals surface area contributed by atoms with Gasteiger partial charge in [0.1, 0.15) is 12.4 Å². The Balaban J connectivity index is 1.19. The molecule has 0 spiro atoms. The molecular weight excluding hydrogens is 350 g/mol. The summed E-state index contributed by atoms with van der Waals surface area (Å²) in [5.41, 5.74) is 2.85. The van der Waals surface area contributed by atoms with Gasteiger partial charge in [-0.2, -0.15) is 0 Å². The summed E-state index contributed by atoms with van der Waals surface area (Å²) in [5.74, 6) is 1.48. The molecule has 2 aliphatic rings. The molecule has 4 heteroatoms. The zero-order valence-corrected chi connectivity index (χ0v) is 16.2. The smallest absolute Gasteiger partial charge is 0.306 e. The zero-order valence-electron chi connectivity index (χ0n) is 16.2. The van der Waals surface area contributed by atoms with E-state index >= 15 is 0 Å². The van der Waals surface area contributed by atoms with Crippen LogP contribution in [0.5, 0.6) is 0 Å². The molecule has 2 aliphatic carbocycles. The number of Topliss-reactive ketones (excluding diaryl/α,β-unsaturated/α-hetero) is 1. The minimum absolute atomic E-state index is 0.175. The molecule has 4 nitrogen and oxygen atoms in total. The lowest BCUT2D eigenvalue weighted by atomic mass is 9.77. The van der Waals surface area contributed by atoms with Gasteiger partial charge >= 0.3 is 5.97 Å². The van der Waals surface area contributed by atoms with Gasteiger partial charge in [-0.05, 0) is 50.5 Å². The largest absolute Gasteiger partial charge is 0.461 e. The van der Waals surface area contributed by atoms with Gasteiger partial charge in [-0.25, -0.2) is 0 Å². The highest BCUT2D eigenvalue weighted by atomic mass is 16.5. The second-order valence-corrected chi connectivity index (χ2v) is 8.18. The Morgan fingerprint density at radius 3 is 2.71 bits per heavy atom. The van der Waals surface area contributed by atoms with Gasteiger partial charge in [0.15, 0.2) is 0 Å². The fourth-order valence-corrected chi connectivity index (χ4v) is 4.68. The average Bonchev–Trinajstić information content (AvgIpc) is 3.15. The van der Waals surface area contributed by atoms with Crippen LogP contribution in [-0.4, -0.2) is 16.7 Å². The van der Waals surface area contributed by atoms with Crippen molar-refractivity contribution >= 4 is 11.8 Å². The number of hydrogen-bond acceptors (Lipinski definition) is 4. The highest BCUT2D eigenvalue weighted by molar-refractivity contribution is 5.84. The lowest BCUT2D eigenvalue weighted by molar-refractivity contribution is -0.145. The Morgan fingerprint density at radius 1 is 1.07 bits per heavy atom. The first kappa shape index (κ1) is 18.9. The fourth-order valence-electron chi connectivity index (χ4n) is 4.68. The van der Waals surface area contributed by atoms with Gasteiger partial charge < -0.3 is 4.74 Å². The van der Waals surface area contributed by atoms with Crippen molar-refractivity contribution in [3.8, 4) is 11.3 Å². The Labute approximate surface area is 166 Å². The fraction of sp³-hybridized carbons (Fsp3) is 0.458. The van der Waals surface area contributed by atoms with Gasteiger partial charge in [-0.1, -0.05) is 36.4 Å². The van der Waals surface area contributed by atoms with E-state index in [4.69, 9.17) is 4.74 Å². The molecule has 4 rings (SSSR count). The van der Waals surface area contributed by atoms with Crippen molar-refractivity contribution < 1.29 is 14.3 Å². The zero-order chi connectivity index (χ0) is 19.3. The van der Waals surface area contributed by atoms with Crippen LogP contribution in [0.2, 0.25) is 0 Å². The van der Waals surface area contributed by atoms with E-state index in [0.29, 0.717) is 18.1 Å². The molecule has 2 fully saturated rings. The Morgan fingerprint density at radius 2 is 1.93 bits per heavy atom. The highest BCUT2D eigenvalue weighted by Crippen LogP contribution is 2.43. The van der Waals surface area contributed by atoms with Crippen LogP contribution in [0.1, 0.15) is 50.5 Å². The van der Waals surface area contributed by atoms with Crippen LogP contribution in [0.3, 0.4) is 0 Å². The van der Waals surface area contributed by atoms with Crippen molar-refractivity contribution in [3.63, 3.8) is 0 Å². The molecule has 0 N–H and O–H groups in total. The lowest BCUT2D eigenvalue weighted by Gasteiger charge is -2.26. The number of esters is 1. The Kier molecular flexibility index (Phi) is 5.84. The second kappa shape index (κ2) is 8.68.